The first-order valence-corrected chi connectivity index (χ1v) is 7.72. The zero-order valence-corrected chi connectivity index (χ0v) is 13.3. The maximum absolute atomic E-state index is 4.30. The summed E-state index contributed by atoms with van der Waals surface area (Å²) in [6.45, 7) is 3.74. The minimum absolute atomic E-state index is 0.481. The van der Waals surface area contributed by atoms with Crippen molar-refractivity contribution < 1.29 is 0 Å². The van der Waals surface area contributed by atoms with Crippen LogP contribution in [0.4, 0.5) is 0 Å². The van der Waals surface area contributed by atoms with Gasteiger partial charge in [-0.2, -0.15) is 0 Å². The van der Waals surface area contributed by atoms with Gasteiger partial charge in [0.15, 0.2) is 5.96 Å². The molecule has 0 saturated heterocycles. The van der Waals surface area contributed by atoms with Crippen molar-refractivity contribution in [1.82, 2.24) is 15.6 Å². The van der Waals surface area contributed by atoms with Gasteiger partial charge in [0, 0.05) is 25.7 Å². The zero-order chi connectivity index (χ0) is 15.6. The number of benzene rings is 1. The van der Waals surface area contributed by atoms with Gasteiger partial charge < -0.3 is 10.6 Å². The van der Waals surface area contributed by atoms with Crippen molar-refractivity contribution in [2.75, 3.05) is 13.6 Å². The zero-order valence-electron chi connectivity index (χ0n) is 13.3. The molecule has 1 aromatic heterocycles. The molecule has 4 nitrogen and oxygen atoms in total. The molecule has 0 saturated carbocycles. The first-order valence-electron chi connectivity index (χ1n) is 7.72. The van der Waals surface area contributed by atoms with Crippen LogP contribution in [-0.4, -0.2) is 24.5 Å². The predicted octanol–water partition coefficient (Wildman–Crippen LogP) is 2.94. The second-order valence-electron chi connectivity index (χ2n) is 5.14. The van der Waals surface area contributed by atoms with Crippen molar-refractivity contribution >= 4 is 5.96 Å². The van der Waals surface area contributed by atoms with E-state index >= 15 is 0 Å². The molecular weight excluding hydrogens is 272 g/mol. The van der Waals surface area contributed by atoms with Gasteiger partial charge >= 0.3 is 0 Å². The van der Waals surface area contributed by atoms with Gasteiger partial charge in [0.1, 0.15) is 0 Å². The molecule has 22 heavy (non-hydrogen) atoms. The van der Waals surface area contributed by atoms with Gasteiger partial charge in [0.25, 0.3) is 0 Å². The molecule has 2 rings (SSSR count). The maximum Gasteiger partial charge on any atom is 0.191 e. The quantitative estimate of drug-likeness (QED) is 0.636. The molecule has 4 heteroatoms. The van der Waals surface area contributed by atoms with Crippen molar-refractivity contribution in [3.05, 3.63) is 66.0 Å². The number of hydrogen-bond acceptors (Lipinski definition) is 2. The van der Waals surface area contributed by atoms with E-state index in [9.17, 15) is 0 Å². The first kappa shape index (κ1) is 16.0. The SMILES string of the molecule is CCC(CNC(=NC)NCc1ccccn1)c1ccccc1. The van der Waals surface area contributed by atoms with Gasteiger partial charge in [-0.05, 0) is 24.1 Å². The van der Waals surface area contributed by atoms with E-state index in [2.05, 4.69) is 57.9 Å². The number of guanidine groups is 1. The molecule has 0 aliphatic rings. The number of rotatable bonds is 6. The normalized spacial score (nSPS) is 12.7. The fourth-order valence-corrected chi connectivity index (χ4v) is 2.34. The molecule has 0 fully saturated rings. The van der Waals surface area contributed by atoms with Crippen LogP contribution in [0.15, 0.2) is 59.7 Å². The topological polar surface area (TPSA) is 49.3 Å². The van der Waals surface area contributed by atoms with Gasteiger partial charge in [-0.15, -0.1) is 0 Å². The van der Waals surface area contributed by atoms with E-state index in [0.717, 1.165) is 24.6 Å². The Balaban J connectivity index is 1.85. The summed E-state index contributed by atoms with van der Waals surface area (Å²) in [7, 11) is 1.79. The molecule has 0 aliphatic carbocycles. The summed E-state index contributed by atoms with van der Waals surface area (Å²) in [6.07, 6.45) is 2.89. The van der Waals surface area contributed by atoms with E-state index in [4.69, 9.17) is 0 Å². The largest absolute Gasteiger partial charge is 0.356 e. The van der Waals surface area contributed by atoms with Gasteiger partial charge in [0.2, 0.25) is 0 Å². The molecule has 1 aromatic carbocycles. The molecule has 2 aromatic rings. The lowest BCUT2D eigenvalue weighted by Gasteiger charge is -2.18. The second-order valence-corrected chi connectivity index (χ2v) is 5.14. The van der Waals surface area contributed by atoms with Crippen molar-refractivity contribution in [3.63, 3.8) is 0 Å². The van der Waals surface area contributed by atoms with Crippen LogP contribution in [-0.2, 0) is 6.54 Å². The third kappa shape index (κ3) is 4.88. The van der Waals surface area contributed by atoms with E-state index in [1.165, 1.54) is 5.56 Å². The number of aliphatic imine (C=N–C) groups is 1. The average Bonchev–Trinajstić information content (AvgIpc) is 2.60. The second kappa shape index (κ2) is 8.82. The van der Waals surface area contributed by atoms with Crippen molar-refractivity contribution in [2.24, 2.45) is 4.99 Å². The van der Waals surface area contributed by atoms with Gasteiger partial charge in [0.05, 0.1) is 12.2 Å². The minimum Gasteiger partial charge on any atom is -0.356 e. The lowest BCUT2D eigenvalue weighted by atomic mass is 9.97. The Morgan fingerprint density at radius 2 is 1.86 bits per heavy atom. The summed E-state index contributed by atoms with van der Waals surface area (Å²) in [5.41, 5.74) is 2.36. The third-order valence-corrected chi connectivity index (χ3v) is 3.67. The first-order chi connectivity index (χ1) is 10.8. The number of nitrogens with one attached hydrogen (secondary N) is 2. The molecule has 0 aliphatic heterocycles. The van der Waals surface area contributed by atoms with E-state index in [1.54, 1.807) is 13.2 Å². The van der Waals surface area contributed by atoms with Gasteiger partial charge in [-0.25, -0.2) is 0 Å². The highest BCUT2D eigenvalue weighted by atomic mass is 15.2. The minimum atomic E-state index is 0.481. The predicted molar refractivity (Wildman–Crippen MR) is 91.9 cm³/mol. The molecule has 1 unspecified atom stereocenters. The number of aromatic nitrogens is 1. The molecule has 0 bridgehead atoms. The Kier molecular flexibility index (Phi) is 6.42. The van der Waals surface area contributed by atoms with Crippen LogP contribution in [0.5, 0.6) is 0 Å². The van der Waals surface area contributed by atoms with Crippen LogP contribution in [0.25, 0.3) is 0 Å². The van der Waals surface area contributed by atoms with Crippen LogP contribution in [0.3, 0.4) is 0 Å². The Morgan fingerprint density at radius 1 is 1.09 bits per heavy atom. The molecule has 116 valence electrons. The number of hydrogen-bond donors (Lipinski definition) is 2. The highest BCUT2D eigenvalue weighted by Gasteiger charge is 2.09. The molecular formula is C18H24N4. The van der Waals surface area contributed by atoms with Crippen molar-refractivity contribution in [3.8, 4) is 0 Å². The highest BCUT2D eigenvalue weighted by molar-refractivity contribution is 5.79. The van der Waals surface area contributed by atoms with E-state index in [0.29, 0.717) is 12.5 Å². The van der Waals surface area contributed by atoms with E-state index < -0.39 is 0 Å². The monoisotopic (exact) mass is 296 g/mol. The van der Waals surface area contributed by atoms with Crippen molar-refractivity contribution in [2.45, 2.75) is 25.8 Å². The van der Waals surface area contributed by atoms with E-state index in [-0.39, 0.29) is 0 Å². The summed E-state index contributed by atoms with van der Waals surface area (Å²) in [6, 6.07) is 16.5. The summed E-state index contributed by atoms with van der Waals surface area (Å²) >= 11 is 0. The smallest absolute Gasteiger partial charge is 0.191 e. The fraction of sp³-hybridized carbons (Fsp3) is 0.333. The Morgan fingerprint density at radius 3 is 2.50 bits per heavy atom. The summed E-state index contributed by atoms with van der Waals surface area (Å²) < 4.78 is 0. The van der Waals surface area contributed by atoms with Crippen LogP contribution < -0.4 is 10.6 Å². The summed E-state index contributed by atoms with van der Waals surface area (Å²) in [5.74, 6) is 1.29. The maximum atomic E-state index is 4.30. The lowest BCUT2D eigenvalue weighted by Crippen LogP contribution is -2.39. The Bertz CT molecular complexity index is 566. The number of nitrogens with zero attached hydrogens (tertiary/aromatic N) is 2. The average molecular weight is 296 g/mol. The van der Waals surface area contributed by atoms with Gasteiger partial charge in [-0.3, -0.25) is 9.98 Å². The van der Waals surface area contributed by atoms with Crippen molar-refractivity contribution in [1.29, 1.82) is 0 Å². The lowest BCUT2D eigenvalue weighted by molar-refractivity contribution is 0.629. The highest BCUT2D eigenvalue weighted by Crippen LogP contribution is 2.17. The summed E-state index contributed by atoms with van der Waals surface area (Å²) in [4.78, 5) is 8.57. The molecule has 1 atom stereocenters. The molecule has 0 spiro atoms. The molecule has 0 amide bonds. The third-order valence-electron chi connectivity index (χ3n) is 3.67. The van der Waals surface area contributed by atoms with E-state index in [1.807, 2.05) is 18.2 Å². The van der Waals surface area contributed by atoms with Crippen LogP contribution in [0.1, 0.15) is 30.5 Å². The number of pyridine rings is 1. The Labute approximate surface area is 132 Å². The van der Waals surface area contributed by atoms with Crippen LogP contribution in [0, 0.1) is 0 Å². The fourth-order valence-electron chi connectivity index (χ4n) is 2.34. The molecule has 0 radical (unpaired) electrons. The standard InChI is InChI=1S/C18H24N4/c1-3-15(16-9-5-4-6-10-16)13-21-18(19-2)22-14-17-11-7-8-12-20-17/h4-12,15H,3,13-14H2,1-2H3,(H2,19,21,22). The molecule has 2 N–H and O–H groups in total. The van der Waals surface area contributed by atoms with Gasteiger partial charge in [-0.1, -0.05) is 43.3 Å². The summed E-state index contributed by atoms with van der Waals surface area (Å²) in [5, 5.41) is 6.69. The Hall–Kier alpha value is -2.36. The van der Waals surface area contributed by atoms with Crippen LogP contribution in [0.2, 0.25) is 0 Å². The van der Waals surface area contributed by atoms with Crippen LogP contribution >= 0.6 is 0 Å². The molecule has 1 heterocycles.